The van der Waals surface area contributed by atoms with Crippen LogP contribution in [-0.2, 0) is 36.6 Å². The number of hydrogen-bond acceptors (Lipinski definition) is 7. The molecule has 2 amide bonds. The van der Waals surface area contributed by atoms with Crippen LogP contribution >= 0.6 is 0 Å². The number of rotatable bonds is 7. The lowest BCUT2D eigenvalue weighted by Crippen LogP contribution is -2.44. The molecule has 0 aromatic heterocycles. The maximum Gasteiger partial charge on any atom is 0.338 e. The van der Waals surface area contributed by atoms with Crippen molar-refractivity contribution in [3.8, 4) is 0 Å². The van der Waals surface area contributed by atoms with Crippen LogP contribution in [0.5, 0.6) is 0 Å². The van der Waals surface area contributed by atoms with Gasteiger partial charge in [-0.1, -0.05) is 36.4 Å². The second kappa shape index (κ2) is 11.1. The fraction of sp³-hybridized carbons (Fsp3) is 0.367. The average molecular weight is 533 g/mol. The van der Waals surface area contributed by atoms with E-state index in [1.54, 1.807) is 50.5 Å². The van der Waals surface area contributed by atoms with E-state index >= 15 is 0 Å². The van der Waals surface area contributed by atoms with E-state index in [1.165, 1.54) is 11.0 Å². The third-order valence-electron chi connectivity index (χ3n) is 7.17. The largest absolute Gasteiger partial charge is 0.456 e. The minimum absolute atomic E-state index is 0.117. The van der Waals surface area contributed by atoms with Crippen molar-refractivity contribution in [1.82, 2.24) is 10.2 Å². The zero-order chi connectivity index (χ0) is 27.6. The summed E-state index contributed by atoms with van der Waals surface area (Å²) in [5.41, 5.74) is 3.82. The highest BCUT2D eigenvalue weighted by Crippen LogP contribution is 2.45. The van der Waals surface area contributed by atoms with Crippen LogP contribution in [0.25, 0.3) is 6.08 Å². The monoisotopic (exact) mass is 532 g/mol. The van der Waals surface area contributed by atoms with Crippen molar-refractivity contribution in [1.29, 1.82) is 0 Å². The van der Waals surface area contributed by atoms with Crippen molar-refractivity contribution in [2.24, 2.45) is 0 Å². The van der Waals surface area contributed by atoms with Gasteiger partial charge in [0.25, 0.3) is 0 Å². The van der Waals surface area contributed by atoms with Gasteiger partial charge in [0.15, 0.2) is 5.79 Å². The van der Waals surface area contributed by atoms with Gasteiger partial charge in [-0.15, -0.1) is 0 Å². The number of benzene rings is 2. The molecule has 204 valence electrons. The summed E-state index contributed by atoms with van der Waals surface area (Å²) in [6.07, 6.45) is 4.29. The summed E-state index contributed by atoms with van der Waals surface area (Å²) in [5.74, 6) is -1.91. The molecular formula is C30H32N2O7. The molecule has 3 aliphatic rings. The second-order valence-corrected chi connectivity index (χ2v) is 10.2. The highest BCUT2D eigenvalue weighted by molar-refractivity contribution is 5.94. The standard InChI is InChI=1S/C30H32N2O7/c1-32(2)26(34)12-9-19-7-10-20(11-8-19)29(36)37-24-15-23(28(35)31-13-14-33)16-25-27(24)39-30(38-25)17-21-5-3-4-6-22(21)18-30/h3-12,16,24-25,27,33H,13-15,17-18H2,1-2H3,(H,31,35)/t24-,25-,27+/m1/s1. The third kappa shape index (κ3) is 5.80. The number of nitrogens with zero attached hydrogens (tertiary/aromatic N) is 1. The molecule has 2 aromatic rings. The Labute approximate surface area is 227 Å². The van der Waals surface area contributed by atoms with Crippen LogP contribution in [0, 0.1) is 0 Å². The Morgan fingerprint density at radius 1 is 1.08 bits per heavy atom. The average Bonchev–Trinajstić information content (AvgIpc) is 3.48. The summed E-state index contributed by atoms with van der Waals surface area (Å²) in [6, 6.07) is 14.8. The van der Waals surface area contributed by atoms with Crippen LogP contribution in [0.15, 0.2) is 66.3 Å². The topological polar surface area (TPSA) is 114 Å². The number of carbonyl (C=O) groups is 3. The summed E-state index contributed by atoms with van der Waals surface area (Å²) in [5, 5.41) is 11.8. The molecule has 1 heterocycles. The van der Waals surface area contributed by atoms with E-state index in [4.69, 9.17) is 19.3 Å². The number of amides is 2. The number of fused-ring (bicyclic) bond motifs is 2. The number of nitrogens with one attached hydrogen (secondary N) is 1. The van der Waals surface area contributed by atoms with Gasteiger partial charge in [0.2, 0.25) is 11.8 Å². The van der Waals surface area contributed by atoms with Gasteiger partial charge in [0.1, 0.15) is 18.3 Å². The molecule has 2 aromatic carbocycles. The molecule has 9 nitrogen and oxygen atoms in total. The van der Waals surface area contributed by atoms with E-state index in [2.05, 4.69) is 17.4 Å². The van der Waals surface area contributed by atoms with Crippen LogP contribution in [0.1, 0.15) is 33.5 Å². The van der Waals surface area contributed by atoms with Crippen LogP contribution < -0.4 is 5.32 Å². The van der Waals surface area contributed by atoms with E-state index in [0.29, 0.717) is 24.0 Å². The van der Waals surface area contributed by atoms with E-state index in [0.717, 1.165) is 16.7 Å². The Balaban J connectivity index is 1.33. The van der Waals surface area contributed by atoms with Crippen molar-refractivity contribution >= 4 is 23.9 Å². The Bertz CT molecular complexity index is 1290. The first kappa shape index (κ1) is 26.8. The van der Waals surface area contributed by atoms with Gasteiger partial charge in [-0.3, -0.25) is 9.59 Å². The molecule has 0 bridgehead atoms. The molecule has 5 rings (SSSR count). The maximum absolute atomic E-state index is 13.2. The summed E-state index contributed by atoms with van der Waals surface area (Å²) in [7, 11) is 3.34. The summed E-state index contributed by atoms with van der Waals surface area (Å²) >= 11 is 0. The van der Waals surface area contributed by atoms with Crippen molar-refractivity contribution in [3.63, 3.8) is 0 Å². The molecular weight excluding hydrogens is 500 g/mol. The van der Waals surface area contributed by atoms with E-state index in [-0.39, 0.29) is 31.4 Å². The first-order chi connectivity index (χ1) is 18.8. The maximum atomic E-state index is 13.2. The molecule has 0 unspecified atom stereocenters. The van der Waals surface area contributed by atoms with Crippen LogP contribution in [0.4, 0.5) is 0 Å². The molecule has 1 aliphatic heterocycles. The summed E-state index contributed by atoms with van der Waals surface area (Å²) < 4.78 is 18.8. The molecule has 1 saturated heterocycles. The lowest BCUT2D eigenvalue weighted by Gasteiger charge is -2.30. The zero-order valence-electron chi connectivity index (χ0n) is 22.0. The Kier molecular flexibility index (Phi) is 7.65. The molecule has 1 spiro atoms. The second-order valence-electron chi connectivity index (χ2n) is 10.2. The molecule has 9 heteroatoms. The Morgan fingerprint density at radius 2 is 1.77 bits per heavy atom. The highest BCUT2D eigenvalue weighted by atomic mass is 16.8. The molecule has 2 N–H and O–H groups in total. The van der Waals surface area contributed by atoms with Gasteiger partial charge in [-0.2, -0.15) is 0 Å². The first-order valence-electron chi connectivity index (χ1n) is 13.0. The predicted octanol–water partition coefficient (Wildman–Crippen LogP) is 2.03. The Hall–Kier alpha value is -3.79. The fourth-order valence-corrected chi connectivity index (χ4v) is 5.20. The van der Waals surface area contributed by atoms with Crippen molar-refractivity contribution in [2.45, 2.75) is 43.4 Å². The Morgan fingerprint density at radius 3 is 2.41 bits per heavy atom. The lowest BCUT2D eigenvalue weighted by molar-refractivity contribution is -0.172. The lowest BCUT2D eigenvalue weighted by atomic mass is 9.91. The van der Waals surface area contributed by atoms with Gasteiger partial charge in [0.05, 0.1) is 12.2 Å². The minimum Gasteiger partial charge on any atom is -0.456 e. The smallest absolute Gasteiger partial charge is 0.338 e. The summed E-state index contributed by atoms with van der Waals surface area (Å²) in [6.45, 7) is -0.0643. The van der Waals surface area contributed by atoms with Gasteiger partial charge in [0, 0.05) is 51.6 Å². The SMILES string of the molecule is CN(C)C(=O)C=Cc1ccc(C(=O)O[C@@H]2CC(C(=O)NCCO)=C[C@H]3OC4(Cc5ccccc5C4)O[C@H]32)cc1. The first-order valence-corrected chi connectivity index (χ1v) is 13.0. The number of carbonyl (C=O) groups excluding carboxylic acids is 3. The molecule has 0 saturated carbocycles. The molecule has 39 heavy (non-hydrogen) atoms. The molecule has 3 atom stereocenters. The van der Waals surface area contributed by atoms with E-state index in [1.807, 2.05) is 12.1 Å². The number of ether oxygens (including phenoxy) is 3. The molecule has 0 radical (unpaired) electrons. The van der Waals surface area contributed by atoms with Crippen molar-refractivity contribution in [2.75, 3.05) is 27.2 Å². The highest BCUT2D eigenvalue weighted by Gasteiger charge is 2.55. The van der Waals surface area contributed by atoms with Crippen LogP contribution in [0.3, 0.4) is 0 Å². The van der Waals surface area contributed by atoms with Crippen molar-refractivity contribution in [3.05, 3.63) is 88.5 Å². The van der Waals surface area contributed by atoms with Crippen LogP contribution in [0.2, 0.25) is 0 Å². The van der Waals surface area contributed by atoms with E-state index < -0.39 is 30.1 Å². The normalized spacial score (nSPS) is 22.7. The zero-order valence-corrected chi connectivity index (χ0v) is 22.0. The fourth-order valence-electron chi connectivity index (χ4n) is 5.20. The number of esters is 1. The summed E-state index contributed by atoms with van der Waals surface area (Å²) in [4.78, 5) is 39.2. The molecule has 1 fully saturated rings. The minimum atomic E-state index is -0.880. The van der Waals surface area contributed by atoms with Crippen LogP contribution in [-0.4, -0.2) is 79.1 Å². The van der Waals surface area contributed by atoms with Gasteiger partial charge >= 0.3 is 5.97 Å². The quantitative estimate of drug-likeness (QED) is 0.414. The van der Waals surface area contributed by atoms with Crippen molar-refractivity contribution < 1.29 is 33.7 Å². The van der Waals surface area contributed by atoms with Gasteiger partial charge in [-0.05, 0) is 41.0 Å². The third-order valence-corrected chi connectivity index (χ3v) is 7.17. The number of hydrogen-bond donors (Lipinski definition) is 2. The number of likely N-dealkylation sites (N-methyl/N-ethyl adjacent to an activating group) is 1. The van der Waals surface area contributed by atoms with E-state index in [9.17, 15) is 14.4 Å². The number of aliphatic hydroxyl groups is 1. The predicted molar refractivity (Wildman–Crippen MR) is 142 cm³/mol. The molecule has 2 aliphatic carbocycles. The number of aliphatic hydroxyl groups excluding tert-OH is 1. The van der Waals surface area contributed by atoms with Gasteiger partial charge < -0.3 is 29.5 Å². The van der Waals surface area contributed by atoms with Gasteiger partial charge in [-0.25, -0.2) is 4.79 Å².